The Morgan fingerprint density at radius 1 is 1.11 bits per heavy atom. The lowest BCUT2D eigenvalue weighted by Gasteiger charge is -2.12. The van der Waals surface area contributed by atoms with Gasteiger partial charge in [-0.2, -0.15) is 0 Å². The lowest BCUT2D eigenvalue weighted by Crippen LogP contribution is -2.05. The van der Waals surface area contributed by atoms with E-state index in [2.05, 4.69) is 5.32 Å². The highest BCUT2D eigenvalue weighted by Gasteiger charge is 2.09. The number of nitrogens with one attached hydrogen (secondary N) is 1. The molecule has 1 N–H and O–H groups in total. The van der Waals surface area contributed by atoms with Gasteiger partial charge in [0.2, 0.25) is 0 Å². The van der Waals surface area contributed by atoms with E-state index in [0.717, 1.165) is 22.4 Å². The van der Waals surface area contributed by atoms with Crippen LogP contribution in [-0.4, -0.2) is 7.05 Å². The predicted molar refractivity (Wildman–Crippen MR) is 75.2 cm³/mol. The Morgan fingerprint density at radius 3 is 2.37 bits per heavy atom. The maximum absolute atomic E-state index is 14.0. The van der Waals surface area contributed by atoms with E-state index in [0.29, 0.717) is 6.54 Å². The van der Waals surface area contributed by atoms with Crippen molar-refractivity contribution in [3.8, 4) is 11.5 Å². The minimum Gasteiger partial charge on any atom is -0.454 e. The molecule has 2 aromatic rings. The Hall–Kier alpha value is -1.87. The van der Waals surface area contributed by atoms with Crippen LogP contribution in [0, 0.1) is 19.7 Å². The van der Waals surface area contributed by atoms with E-state index >= 15 is 0 Å². The van der Waals surface area contributed by atoms with Gasteiger partial charge in [0.1, 0.15) is 5.75 Å². The Bertz CT molecular complexity index is 561. The third-order valence-electron chi connectivity index (χ3n) is 3.00. The van der Waals surface area contributed by atoms with Gasteiger partial charge in [0.05, 0.1) is 0 Å². The normalized spacial score (nSPS) is 10.5. The van der Waals surface area contributed by atoms with Crippen molar-refractivity contribution in [3.63, 3.8) is 0 Å². The fourth-order valence-corrected chi connectivity index (χ4v) is 2.01. The minimum atomic E-state index is -0.338. The summed E-state index contributed by atoms with van der Waals surface area (Å²) in [5.41, 5.74) is 2.89. The number of benzene rings is 2. The Labute approximate surface area is 113 Å². The van der Waals surface area contributed by atoms with Crippen molar-refractivity contribution in [2.75, 3.05) is 7.05 Å². The van der Waals surface area contributed by atoms with Crippen LogP contribution in [0.3, 0.4) is 0 Å². The molecule has 0 aliphatic carbocycles. The number of rotatable bonds is 4. The fraction of sp³-hybridized carbons (Fsp3) is 0.250. The summed E-state index contributed by atoms with van der Waals surface area (Å²) >= 11 is 0. The van der Waals surface area contributed by atoms with Crippen LogP contribution in [0.15, 0.2) is 36.4 Å². The van der Waals surface area contributed by atoms with Crippen LogP contribution in [-0.2, 0) is 6.54 Å². The molecule has 19 heavy (non-hydrogen) atoms. The van der Waals surface area contributed by atoms with Crippen molar-refractivity contribution in [1.29, 1.82) is 0 Å². The third kappa shape index (κ3) is 3.12. The smallest absolute Gasteiger partial charge is 0.166 e. The SMILES string of the molecule is CNCc1ccc(Oc2c(C)cccc2C)c(F)c1. The van der Waals surface area contributed by atoms with Crippen LogP contribution in [0.4, 0.5) is 4.39 Å². The third-order valence-corrected chi connectivity index (χ3v) is 3.00. The minimum absolute atomic E-state index is 0.261. The first-order valence-corrected chi connectivity index (χ1v) is 6.29. The molecule has 0 aromatic heterocycles. The van der Waals surface area contributed by atoms with Gasteiger partial charge in [-0.15, -0.1) is 0 Å². The molecule has 100 valence electrons. The first kappa shape index (κ1) is 13.6. The number of ether oxygens (including phenoxy) is 1. The summed E-state index contributed by atoms with van der Waals surface area (Å²) in [6.45, 7) is 4.55. The zero-order valence-corrected chi connectivity index (χ0v) is 11.5. The number of aryl methyl sites for hydroxylation is 2. The van der Waals surface area contributed by atoms with Crippen molar-refractivity contribution in [3.05, 3.63) is 58.9 Å². The van der Waals surface area contributed by atoms with Crippen LogP contribution in [0.25, 0.3) is 0 Å². The van der Waals surface area contributed by atoms with Gasteiger partial charge in [-0.3, -0.25) is 0 Å². The first-order valence-electron chi connectivity index (χ1n) is 6.29. The first-order chi connectivity index (χ1) is 9.11. The molecule has 0 aliphatic heterocycles. The van der Waals surface area contributed by atoms with Gasteiger partial charge >= 0.3 is 0 Å². The van der Waals surface area contributed by atoms with E-state index in [1.54, 1.807) is 6.07 Å². The molecule has 0 aliphatic rings. The van der Waals surface area contributed by atoms with Crippen molar-refractivity contribution in [1.82, 2.24) is 5.32 Å². The largest absolute Gasteiger partial charge is 0.454 e. The Morgan fingerprint density at radius 2 is 1.79 bits per heavy atom. The van der Waals surface area contributed by atoms with Gasteiger partial charge in [-0.25, -0.2) is 4.39 Å². The molecular weight excluding hydrogens is 241 g/mol. The van der Waals surface area contributed by atoms with Crippen molar-refractivity contribution < 1.29 is 9.13 Å². The second kappa shape index (κ2) is 5.85. The standard InChI is InChI=1S/C16H18FNO/c1-11-5-4-6-12(2)16(11)19-15-8-7-13(10-18-3)9-14(15)17/h4-9,18H,10H2,1-3H3. The van der Waals surface area contributed by atoms with Gasteiger partial charge in [-0.1, -0.05) is 24.3 Å². The fourth-order valence-electron chi connectivity index (χ4n) is 2.01. The van der Waals surface area contributed by atoms with E-state index in [1.165, 1.54) is 6.07 Å². The topological polar surface area (TPSA) is 21.3 Å². The van der Waals surface area contributed by atoms with Gasteiger partial charge in [0.25, 0.3) is 0 Å². The summed E-state index contributed by atoms with van der Waals surface area (Å²) in [6, 6.07) is 10.9. The molecule has 0 unspecified atom stereocenters. The zero-order valence-electron chi connectivity index (χ0n) is 11.5. The quantitative estimate of drug-likeness (QED) is 0.897. The van der Waals surface area contributed by atoms with Gasteiger partial charge < -0.3 is 10.1 Å². The molecule has 0 saturated heterocycles. The Kier molecular flexibility index (Phi) is 4.17. The molecule has 0 atom stereocenters. The maximum Gasteiger partial charge on any atom is 0.166 e. The van der Waals surface area contributed by atoms with E-state index in [4.69, 9.17) is 4.74 Å². The molecule has 2 rings (SSSR count). The number of halogens is 1. The zero-order chi connectivity index (χ0) is 13.8. The summed E-state index contributed by atoms with van der Waals surface area (Å²) < 4.78 is 19.7. The van der Waals surface area contributed by atoms with Gasteiger partial charge in [-0.05, 0) is 49.7 Å². The van der Waals surface area contributed by atoms with Gasteiger partial charge in [0, 0.05) is 6.54 Å². The lowest BCUT2D eigenvalue weighted by molar-refractivity contribution is 0.436. The number of para-hydroxylation sites is 1. The van der Waals surface area contributed by atoms with E-state index in [-0.39, 0.29) is 11.6 Å². The lowest BCUT2D eigenvalue weighted by atomic mass is 10.1. The average molecular weight is 259 g/mol. The molecule has 0 heterocycles. The predicted octanol–water partition coefficient (Wildman–Crippen LogP) is 3.95. The molecule has 2 nitrogen and oxygen atoms in total. The monoisotopic (exact) mass is 259 g/mol. The molecule has 0 amide bonds. The summed E-state index contributed by atoms with van der Waals surface area (Å²) in [4.78, 5) is 0. The molecule has 0 radical (unpaired) electrons. The average Bonchev–Trinajstić information content (AvgIpc) is 2.37. The van der Waals surface area contributed by atoms with Crippen molar-refractivity contribution >= 4 is 0 Å². The molecular formula is C16H18FNO. The number of hydrogen-bond donors (Lipinski definition) is 1. The van der Waals surface area contributed by atoms with E-state index < -0.39 is 0 Å². The van der Waals surface area contributed by atoms with Gasteiger partial charge in [0.15, 0.2) is 11.6 Å². The van der Waals surface area contributed by atoms with Crippen LogP contribution < -0.4 is 10.1 Å². The van der Waals surface area contributed by atoms with Crippen LogP contribution >= 0.6 is 0 Å². The molecule has 0 fully saturated rings. The molecule has 0 bridgehead atoms. The molecule has 0 spiro atoms. The van der Waals surface area contributed by atoms with E-state index in [1.807, 2.05) is 45.2 Å². The summed E-state index contributed by atoms with van der Waals surface area (Å²) in [5, 5.41) is 2.99. The van der Waals surface area contributed by atoms with Crippen molar-refractivity contribution in [2.24, 2.45) is 0 Å². The highest BCUT2D eigenvalue weighted by molar-refractivity contribution is 5.43. The highest BCUT2D eigenvalue weighted by Crippen LogP contribution is 2.30. The second-order valence-corrected chi connectivity index (χ2v) is 4.62. The summed E-state index contributed by atoms with van der Waals surface area (Å²) in [6.07, 6.45) is 0. The summed E-state index contributed by atoms with van der Waals surface area (Å²) in [5.74, 6) is 0.649. The van der Waals surface area contributed by atoms with Crippen LogP contribution in [0.5, 0.6) is 11.5 Å². The maximum atomic E-state index is 14.0. The molecule has 3 heteroatoms. The van der Waals surface area contributed by atoms with Crippen molar-refractivity contribution in [2.45, 2.75) is 20.4 Å². The molecule has 0 saturated carbocycles. The van der Waals surface area contributed by atoms with Crippen LogP contribution in [0.2, 0.25) is 0 Å². The Balaban J connectivity index is 2.29. The second-order valence-electron chi connectivity index (χ2n) is 4.62. The van der Waals surface area contributed by atoms with E-state index in [9.17, 15) is 4.39 Å². The highest BCUT2D eigenvalue weighted by atomic mass is 19.1. The summed E-state index contributed by atoms with van der Waals surface area (Å²) in [7, 11) is 1.83. The molecule has 2 aromatic carbocycles. The number of hydrogen-bond acceptors (Lipinski definition) is 2. The van der Waals surface area contributed by atoms with Crippen LogP contribution in [0.1, 0.15) is 16.7 Å².